The summed E-state index contributed by atoms with van der Waals surface area (Å²) in [6.07, 6.45) is -6.17. The molecule has 1 N–H and O–H groups in total. The predicted octanol–water partition coefficient (Wildman–Crippen LogP) is 5.44. The Labute approximate surface area is 188 Å². The molecule has 2 fully saturated rings. The van der Waals surface area contributed by atoms with Gasteiger partial charge < -0.3 is 10.0 Å². The zero-order valence-corrected chi connectivity index (χ0v) is 19.0. The van der Waals surface area contributed by atoms with Crippen molar-refractivity contribution in [2.45, 2.75) is 51.4 Å². The number of alkyl halides is 3. The number of carbonyl (C=O) groups is 1. The molecule has 4 rings (SSSR count). The first-order valence-corrected chi connectivity index (χ1v) is 10.7. The van der Waals surface area contributed by atoms with Gasteiger partial charge in [-0.1, -0.05) is 20.8 Å². The number of hydrogen-bond acceptors (Lipinski definition) is 4. The maximum absolute atomic E-state index is 14.8. The largest absolute Gasteiger partial charge is 0.465 e. The van der Waals surface area contributed by atoms with Crippen LogP contribution < -0.4 is 4.90 Å². The van der Waals surface area contributed by atoms with Crippen molar-refractivity contribution in [3.63, 3.8) is 0 Å². The van der Waals surface area contributed by atoms with Gasteiger partial charge in [-0.25, -0.2) is 9.18 Å². The summed E-state index contributed by atoms with van der Waals surface area (Å²) in [7, 11) is 0. The minimum Gasteiger partial charge on any atom is -0.465 e. The molecule has 3 heterocycles. The highest BCUT2D eigenvalue weighted by Gasteiger charge is 2.59. The van der Waals surface area contributed by atoms with Crippen LogP contribution in [0.25, 0.3) is 10.9 Å². The topological polar surface area (TPSA) is 69.6 Å². The molecule has 2 atom stereocenters. The van der Waals surface area contributed by atoms with E-state index in [0.717, 1.165) is 0 Å². The number of benzene rings is 1. The number of nitrogens with zero attached hydrogens (tertiary/aromatic N) is 4. The summed E-state index contributed by atoms with van der Waals surface area (Å²) >= 11 is 2.61. The fraction of sp³-hybridized carbons (Fsp3) is 0.550. The number of hydrogen-bond donors (Lipinski definition) is 1. The zero-order valence-electron chi connectivity index (χ0n) is 17.4. The lowest BCUT2D eigenvalue weighted by Crippen LogP contribution is -2.68. The third-order valence-electron chi connectivity index (χ3n) is 6.63. The molecule has 0 spiro atoms. The van der Waals surface area contributed by atoms with E-state index in [1.807, 2.05) is 20.8 Å². The molecule has 12 heteroatoms. The Balaban J connectivity index is 1.93. The second-order valence-corrected chi connectivity index (χ2v) is 10.1. The highest BCUT2D eigenvalue weighted by molar-refractivity contribution is 9.10. The third kappa shape index (κ3) is 3.29. The molecule has 2 bridgehead atoms. The van der Waals surface area contributed by atoms with Gasteiger partial charge >= 0.3 is 18.3 Å². The second kappa shape index (κ2) is 7.13. The Kier molecular flexibility index (Phi) is 5.11. The second-order valence-electron chi connectivity index (χ2n) is 9.27. The molecular formula is C20H20BrF5N4O2. The Morgan fingerprint density at radius 2 is 1.91 bits per heavy atom. The number of carboxylic acid groups (broad SMARTS) is 1. The van der Waals surface area contributed by atoms with Gasteiger partial charge in [0.15, 0.2) is 5.82 Å². The first-order chi connectivity index (χ1) is 14.7. The van der Waals surface area contributed by atoms with Crippen LogP contribution in [0.1, 0.15) is 39.2 Å². The average Bonchev–Trinajstić information content (AvgIpc) is 2.91. The van der Waals surface area contributed by atoms with Crippen molar-refractivity contribution in [3.05, 3.63) is 28.0 Å². The maximum Gasteiger partial charge on any atom is 0.417 e. The molecule has 174 valence electrons. The molecule has 1 amide bonds. The molecule has 0 aliphatic carbocycles. The normalized spacial score (nSPS) is 23.8. The van der Waals surface area contributed by atoms with E-state index in [1.54, 1.807) is 4.90 Å². The van der Waals surface area contributed by atoms with E-state index in [0.29, 0.717) is 18.9 Å². The monoisotopic (exact) mass is 522 g/mol. The van der Waals surface area contributed by atoms with Gasteiger partial charge in [-0.15, -0.1) is 0 Å². The smallest absolute Gasteiger partial charge is 0.417 e. The van der Waals surface area contributed by atoms with E-state index < -0.39 is 56.7 Å². The van der Waals surface area contributed by atoms with Gasteiger partial charge in [-0.05, 0) is 40.3 Å². The van der Waals surface area contributed by atoms with E-state index in [1.165, 1.54) is 4.90 Å². The molecule has 2 aromatic rings. The lowest BCUT2D eigenvalue weighted by atomic mass is 9.71. The van der Waals surface area contributed by atoms with Crippen LogP contribution in [0.15, 0.2) is 10.5 Å². The highest BCUT2D eigenvalue weighted by Crippen LogP contribution is 2.51. The van der Waals surface area contributed by atoms with Crippen molar-refractivity contribution in [1.82, 2.24) is 14.9 Å². The summed E-state index contributed by atoms with van der Waals surface area (Å²) in [6.45, 7) is 5.81. The SMILES string of the molecule is CC(C)(C)C12CCC(CN(c3nc(F)nc4c(F)c(Br)c(C(F)(F)F)cc34)C1)N2C(=O)O. The highest BCUT2D eigenvalue weighted by atomic mass is 79.9. The zero-order chi connectivity index (χ0) is 23.8. The van der Waals surface area contributed by atoms with Gasteiger partial charge in [0.2, 0.25) is 0 Å². The van der Waals surface area contributed by atoms with Crippen LogP contribution in [-0.2, 0) is 6.18 Å². The molecule has 0 saturated carbocycles. The number of aromatic nitrogens is 2. The van der Waals surface area contributed by atoms with Crippen LogP contribution in [0.4, 0.5) is 32.6 Å². The number of halogens is 6. The average molecular weight is 523 g/mol. The van der Waals surface area contributed by atoms with Crippen LogP contribution in [0.5, 0.6) is 0 Å². The van der Waals surface area contributed by atoms with Crippen LogP contribution in [0.2, 0.25) is 0 Å². The first kappa shape index (κ1) is 22.9. The van der Waals surface area contributed by atoms with Gasteiger partial charge in [0.05, 0.1) is 21.6 Å². The molecule has 2 aliphatic heterocycles. The molecule has 0 radical (unpaired) electrons. The van der Waals surface area contributed by atoms with Crippen molar-refractivity contribution in [2.75, 3.05) is 18.0 Å². The van der Waals surface area contributed by atoms with Crippen LogP contribution in [-0.4, -0.2) is 50.7 Å². The molecule has 2 saturated heterocycles. The van der Waals surface area contributed by atoms with E-state index in [9.17, 15) is 31.9 Å². The fourth-order valence-corrected chi connectivity index (χ4v) is 5.58. The standard InChI is InChI=1S/C20H20BrF5N4O2/c1-18(2,3)19-5-4-9(30(19)17(31)32)7-29(8-19)15-10-6-11(20(24,25)26)12(21)13(22)14(10)27-16(23)28-15/h6,9H,4-5,7-8H2,1-3H3,(H,31,32). The number of piperazine rings is 1. The van der Waals surface area contributed by atoms with Crippen LogP contribution in [0.3, 0.4) is 0 Å². The van der Waals surface area contributed by atoms with Gasteiger partial charge in [-0.2, -0.15) is 27.5 Å². The summed E-state index contributed by atoms with van der Waals surface area (Å²) < 4.78 is 68.7. The van der Waals surface area contributed by atoms with E-state index in [-0.39, 0.29) is 24.3 Å². The summed E-state index contributed by atoms with van der Waals surface area (Å²) in [5, 5.41) is 9.57. The first-order valence-electron chi connectivity index (χ1n) is 9.87. The summed E-state index contributed by atoms with van der Waals surface area (Å²) in [6, 6.07) is 0.239. The van der Waals surface area contributed by atoms with Crippen molar-refractivity contribution in [2.24, 2.45) is 5.41 Å². The molecular weight excluding hydrogens is 503 g/mol. The van der Waals surface area contributed by atoms with Gasteiger partial charge in [0.1, 0.15) is 11.3 Å². The van der Waals surface area contributed by atoms with E-state index in [2.05, 4.69) is 25.9 Å². The van der Waals surface area contributed by atoms with Crippen molar-refractivity contribution in [3.8, 4) is 0 Å². The van der Waals surface area contributed by atoms with E-state index in [4.69, 9.17) is 0 Å². The number of rotatable bonds is 1. The lowest BCUT2D eigenvalue weighted by molar-refractivity contribution is -0.138. The molecule has 2 unspecified atom stereocenters. The minimum absolute atomic E-state index is 0.0733. The van der Waals surface area contributed by atoms with Gasteiger partial charge in [0.25, 0.3) is 0 Å². The van der Waals surface area contributed by atoms with Gasteiger partial charge in [-0.3, -0.25) is 4.90 Å². The predicted molar refractivity (Wildman–Crippen MR) is 109 cm³/mol. The Bertz CT molecular complexity index is 1120. The Morgan fingerprint density at radius 3 is 2.47 bits per heavy atom. The summed E-state index contributed by atoms with van der Waals surface area (Å²) in [4.78, 5) is 22.1. The molecule has 32 heavy (non-hydrogen) atoms. The Hall–Kier alpha value is -2.24. The van der Waals surface area contributed by atoms with Crippen LogP contribution >= 0.6 is 15.9 Å². The van der Waals surface area contributed by atoms with Crippen molar-refractivity contribution >= 4 is 38.7 Å². The number of amides is 1. The summed E-state index contributed by atoms with van der Waals surface area (Å²) in [5.41, 5.74) is -3.26. The van der Waals surface area contributed by atoms with Crippen LogP contribution in [0, 0.1) is 17.3 Å². The van der Waals surface area contributed by atoms with E-state index >= 15 is 0 Å². The quantitative estimate of drug-likeness (QED) is 0.399. The third-order valence-corrected chi connectivity index (χ3v) is 7.41. The fourth-order valence-electron chi connectivity index (χ4n) is 5.05. The maximum atomic E-state index is 14.8. The molecule has 2 aliphatic rings. The summed E-state index contributed by atoms with van der Waals surface area (Å²) in [5.74, 6) is -1.52. The molecule has 1 aromatic heterocycles. The number of anilines is 1. The van der Waals surface area contributed by atoms with Crippen molar-refractivity contribution in [1.29, 1.82) is 0 Å². The van der Waals surface area contributed by atoms with Crippen molar-refractivity contribution < 1.29 is 31.9 Å². The number of fused-ring (bicyclic) bond motifs is 3. The minimum atomic E-state index is -4.87. The molecule has 1 aromatic carbocycles. The van der Waals surface area contributed by atoms with Gasteiger partial charge in [0, 0.05) is 18.5 Å². The Morgan fingerprint density at radius 1 is 1.25 bits per heavy atom. The lowest BCUT2D eigenvalue weighted by Gasteiger charge is -2.54. The molecule has 6 nitrogen and oxygen atoms in total.